The van der Waals surface area contributed by atoms with Gasteiger partial charge in [0.25, 0.3) is 0 Å². The number of hydrogen-bond donors (Lipinski definition) is 0. The molecule has 1 aromatic rings. The largest absolute Gasteiger partial charge is 0.396 e. The Balaban J connectivity index is 2.93. The average molecular weight is 233 g/mol. The van der Waals surface area contributed by atoms with Gasteiger partial charge < -0.3 is 4.84 Å². The minimum absolute atomic E-state index is 0.196. The first kappa shape index (κ1) is 13.8. The molecule has 0 aromatic heterocycles. The van der Waals surface area contributed by atoms with Gasteiger partial charge in [-0.05, 0) is 29.9 Å². The molecule has 94 valence electrons. The molecule has 0 unspecified atom stereocenters. The molecule has 0 bridgehead atoms. The van der Waals surface area contributed by atoms with E-state index in [0.29, 0.717) is 6.61 Å². The minimum atomic E-state index is 0.196. The molecule has 0 amide bonds. The lowest BCUT2D eigenvalue weighted by Crippen LogP contribution is -2.11. The zero-order valence-corrected chi connectivity index (χ0v) is 11.6. The van der Waals surface area contributed by atoms with Gasteiger partial charge in [-0.15, -0.1) is 0 Å². The Labute approximate surface area is 105 Å². The van der Waals surface area contributed by atoms with Gasteiger partial charge in [-0.3, -0.25) is 0 Å². The Morgan fingerprint density at radius 2 is 1.71 bits per heavy atom. The predicted molar refractivity (Wildman–Crippen MR) is 73.6 cm³/mol. The van der Waals surface area contributed by atoms with Crippen molar-refractivity contribution in [3.8, 4) is 0 Å². The molecule has 0 spiro atoms. The second kappa shape index (κ2) is 5.85. The van der Waals surface area contributed by atoms with Crippen LogP contribution in [0.2, 0.25) is 0 Å². The van der Waals surface area contributed by atoms with E-state index in [0.717, 1.165) is 17.7 Å². The Morgan fingerprint density at radius 1 is 1.12 bits per heavy atom. The van der Waals surface area contributed by atoms with Crippen LogP contribution in [0.15, 0.2) is 29.4 Å². The number of rotatable bonds is 4. The molecular weight excluding hydrogens is 210 g/mol. The molecule has 0 aliphatic carbocycles. The predicted octanol–water partition coefficient (Wildman–Crippen LogP) is 4.13. The summed E-state index contributed by atoms with van der Waals surface area (Å²) in [4.78, 5) is 5.13. The van der Waals surface area contributed by atoms with Crippen molar-refractivity contribution in [3.05, 3.63) is 35.4 Å². The summed E-state index contributed by atoms with van der Waals surface area (Å²) < 4.78 is 0. The summed E-state index contributed by atoms with van der Waals surface area (Å²) in [6.07, 6.45) is 0.884. The number of nitrogens with zero attached hydrogens (tertiary/aromatic N) is 1. The first-order valence-corrected chi connectivity index (χ1v) is 6.28. The van der Waals surface area contributed by atoms with Gasteiger partial charge in [-0.2, -0.15) is 0 Å². The molecule has 0 fully saturated rings. The highest BCUT2D eigenvalue weighted by Gasteiger charge is 2.13. The highest BCUT2D eigenvalue weighted by atomic mass is 16.6. The highest BCUT2D eigenvalue weighted by Crippen LogP contribution is 2.22. The van der Waals surface area contributed by atoms with Crippen molar-refractivity contribution in [2.75, 3.05) is 6.61 Å². The van der Waals surface area contributed by atoms with Crippen LogP contribution in [-0.4, -0.2) is 12.3 Å². The van der Waals surface area contributed by atoms with Gasteiger partial charge in [0.15, 0.2) is 0 Å². The van der Waals surface area contributed by atoms with Crippen LogP contribution in [0.5, 0.6) is 0 Å². The van der Waals surface area contributed by atoms with Gasteiger partial charge in [-0.25, -0.2) is 0 Å². The SMILES string of the molecule is CCO/N=C(\CC)c1ccc(C(C)(C)C)cc1. The third-order valence-electron chi connectivity index (χ3n) is 2.72. The van der Waals surface area contributed by atoms with Crippen molar-refractivity contribution in [2.45, 2.75) is 46.5 Å². The van der Waals surface area contributed by atoms with Crippen LogP contribution in [0.1, 0.15) is 52.2 Å². The van der Waals surface area contributed by atoms with Crippen LogP contribution in [0.25, 0.3) is 0 Å². The van der Waals surface area contributed by atoms with Crippen LogP contribution < -0.4 is 0 Å². The van der Waals surface area contributed by atoms with Crippen molar-refractivity contribution >= 4 is 5.71 Å². The molecule has 0 aliphatic heterocycles. The molecule has 0 N–H and O–H groups in total. The smallest absolute Gasteiger partial charge is 0.114 e. The summed E-state index contributed by atoms with van der Waals surface area (Å²) in [5.74, 6) is 0. The van der Waals surface area contributed by atoms with E-state index >= 15 is 0 Å². The lowest BCUT2D eigenvalue weighted by molar-refractivity contribution is 0.158. The fourth-order valence-corrected chi connectivity index (χ4v) is 1.63. The van der Waals surface area contributed by atoms with Gasteiger partial charge in [0.05, 0.1) is 5.71 Å². The van der Waals surface area contributed by atoms with Gasteiger partial charge in [0.1, 0.15) is 6.61 Å². The second-order valence-electron chi connectivity index (χ2n) is 5.14. The van der Waals surface area contributed by atoms with E-state index in [1.165, 1.54) is 5.56 Å². The lowest BCUT2D eigenvalue weighted by Gasteiger charge is -2.19. The summed E-state index contributed by atoms with van der Waals surface area (Å²) in [5.41, 5.74) is 3.69. The lowest BCUT2D eigenvalue weighted by atomic mass is 9.86. The Bertz CT molecular complexity index is 371. The van der Waals surface area contributed by atoms with E-state index in [9.17, 15) is 0 Å². The number of oxime groups is 1. The molecule has 0 atom stereocenters. The summed E-state index contributed by atoms with van der Waals surface area (Å²) in [7, 11) is 0. The maximum Gasteiger partial charge on any atom is 0.114 e. The molecule has 1 rings (SSSR count). The topological polar surface area (TPSA) is 21.6 Å². The second-order valence-corrected chi connectivity index (χ2v) is 5.14. The van der Waals surface area contributed by atoms with Crippen molar-refractivity contribution in [1.29, 1.82) is 0 Å². The standard InChI is InChI=1S/C15H23NO/c1-6-14(16-17-7-2)12-8-10-13(11-9-12)15(3,4)5/h8-11H,6-7H2,1-5H3/b16-14+. The molecule has 2 heteroatoms. The summed E-state index contributed by atoms with van der Waals surface area (Å²) in [6, 6.07) is 8.60. The Hall–Kier alpha value is -1.31. The molecule has 0 aliphatic rings. The summed E-state index contributed by atoms with van der Waals surface area (Å²) in [5, 5.41) is 4.14. The normalized spacial score (nSPS) is 12.6. The first-order valence-electron chi connectivity index (χ1n) is 6.28. The minimum Gasteiger partial charge on any atom is -0.396 e. The first-order chi connectivity index (χ1) is 7.99. The molecular formula is C15H23NO. The molecule has 0 radical (unpaired) electrons. The van der Waals surface area contributed by atoms with E-state index in [2.05, 4.69) is 57.1 Å². The van der Waals surface area contributed by atoms with Crippen LogP contribution in [0.4, 0.5) is 0 Å². The van der Waals surface area contributed by atoms with E-state index in [4.69, 9.17) is 4.84 Å². The average Bonchev–Trinajstić information content (AvgIpc) is 2.29. The third-order valence-corrected chi connectivity index (χ3v) is 2.72. The monoisotopic (exact) mass is 233 g/mol. The van der Waals surface area contributed by atoms with Crippen LogP contribution in [-0.2, 0) is 10.3 Å². The van der Waals surface area contributed by atoms with Crippen molar-refractivity contribution in [2.24, 2.45) is 5.16 Å². The molecule has 17 heavy (non-hydrogen) atoms. The molecule has 0 saturated carbocycles. The van der Waals surface area contributed by atoms with Gasteiger partial charge in [0, 0.05) is 0 Å². The van der Waals surface area contributed by atoms with E-state index in [1.807, 2.05) is 6.92 Å². The fourth-order valence-electron chi connectivity index (χ4n) is 1.63. The number of benzene rings is 1. The maximum atomic E-state index is 5.13. The molecule has 0 heterocycles. The van der Waals surface area contributed by atoms with Crippen molar-refractivity contribution in [1.82, 2.24) is 0 Å². The van der Waals surface area contributed by atoms with Crippen molar-refractivity contribution in [3.63, 3.8) is 0 Å². The zero-order valence-electron chi connectivity index (χ0n) is 11.6. The summed E-state index contributed by atoms with van der Waals surface area (Å²) in [6.45, 7) is 11.3. The van der Waals surface area contributed by atoms with Gasteiger partial charge >= 0.3 is 0 Å². The van der Waals surface area contributed by atoms with E-state index in [1.54, 1.807) is 0 Å². The maximum absolute atomic E-state index is 5.13. The highest BCUT2D eigenvalue weighted by molar-refractivity contribution is 6.00. The number of hydrogen-bond acceptors (Lipinski definition) is 2. The zero-order chi connectivity index (χ0) is 12.9. The van der Waals surface area contributed by atoms with Crippen molar-refractivity contribution < 1.29 is 4.84 Å². The van der Waals surface area contributed by atoms with E-state index in [-0.39, 0.29) is 5.41 Å². The molecule has 2 nitrogen and oxygen atoms in total. The van der Waals surface area contributed by atoms with Crippen LogP contribution in [0.3, 0.4) is 0 Å². The third kappa shape index (κ3) is 3.88. The van der Waals surface area contributed by atoms with Crippen LogP contribution >= 0.6 is 0 Å². The Morgan fingerprint density at radius 3 is 2.12 bits per heavy atom. The van der Waals surface area contributed by atoms with Gasteiger partial charge in [0.2, 0.25) is 0 Å². The Kier molecular flexibility index (Phi) is 4.73. The molecule has 1 aromatic carbocycles. The van der Waals surface area contributed by atoms with E-state index < -0.39 is 0 Å². The fraction of sp³-hybridized carbons (Fsp3) is 0.533. The molecule has 0 saturated heterocycles. The quantitative estimate of drug-likeness (QED) is 0.566. The van der Waals surface area contributed by atoms with Crippen LogP contribution in [0, 0.1) is 0 Å². The van der Waals surface area contributed by atoms with Gasteiger partial charge in [-0.1, -0.05) is 57.1 Å². The summed E-state index contributed by atoms with van der Waals surface area (Å²) >= 11 is 0.